The highest BCUT2D eigenvalue weighted by atomic mass is 19.1. The van der Waals surface area contributed by atoms with Gasteiger partial charge in [0.05, 0.1) is 18.9 Å². The average Bonchev–Trinajstić information content (AvgIpc) is 3.33. The fraction of sp³-hybridized carbons (Fsp3) is 0.444. The Balaban J connectivity index is 1.40. The lowest BCUT2D eigenvalue weighted by molar-refractivity contribution is -0.0956. The molecule has 0 saturated carbocycles. The van der Waals surface area contributed by atoms with E-state index in [0.717, 1.165) is 12.8 Å². The van der Waals surface area contributed by atoms with Gasteiger partial charge in [-0.2, -0.15) is 5.10 Å². The number of carbonyl (C=O) groups is 1. The van der Waals surface area contributed by atoms with Gasteiger partial charge in [0.1, 0.15) is 5.82 Å². The summed E-state index contributed by atoms with van der Waals surface area (Å²) < 4.78 is 26.0. The fourth-order valence-corrected chi connectivity index (χ4v) is 3.39. The molecular formula is C18H20FN3O3. The molecule has 1 amide bonds. The number of amides is 1. The molecule has 25 heavy (non-hydrogen) atoms. The van der Waals surface area contributed by atoms with Crippen molar-refractivity contribution in [2.24, 2.45) is 5.92 Å². The molecule has 2 fully saturated rings. The Bertz CT molecular complexity index is 750. The first kappa shape index (κ1) is 16.2. The molecule has 2 saturated heterocycles. The van der Waals surface area contributed by atoms with Gasteiger partial charge in [-0.3, -0.25) is 4.79 Å². The van der Waals surface area contributed by atoms with Gasteiger partial charge in [0, 0.05) is 25.2 Å². The summed E-state index contributed by atoms with van der Waals surface area (Å²) in [6.45, 7) is 2.64. The maximum absolute atomic E-state index is 13.3. The molecule has 1 aromatic carbocycles. The third-order valence-electron chi connectivity index (χ3n) is 4.74. The first-order valence-electron chi connectivity index (χ1n) is 8.55. The SMILES string of the molecule is O=C(c1ccn(-c2cccc(F)c2)n1)N1CCC(C2OCCO2)CC1. The van der Waals surface area contributed by atoms with E-state index in [-0.39, 0.29) is 18.0 Å². The number of aromatic nitrogens is 2. The normalized spacial score (nSPS) is 19.5. The van der Waals surface area contributed by atoms with E-state index in [1.54, 1.807) is 24.4 Å². The van der Waals surface area contributed by atoms with Crippen LogP contribution in [0.5, 0.6) is 0 Å². The molecule has 0 atom stereocenters. The fourth-order valence-electron chi connectivity index (χ4n) is 3.39. The van der Waals surface area contributed by atoms with Crippen LogP contribution >= 0.6 is 0 Å². The van der Waals surface area contributed by atoms with Gasteiger partial charge in [0.2, 0.25) is 0 Å². The van der Waals surface area contributed by atoms with Crippen LogP contribution in [-0.2, 0) is 9.47 Å². The number of halogens is 1. The predicted molar refractivity (Wildman–Crippen MR) is 87.8 cm³/mol. The summed E-state index contributed by atoms with van der Waals surface area (Å²) in [5, 5.41) is 4.30. The maximum Gasteiger partial charge on any atom is 0.274 e. The molecule has 0 N–H and O–H groups in total. The first-order chi connectivity index (χ1) is 12.2. The van der Waals surface area contributed by atoms with Crippen LogP contribution < -0.4 is 0 Å². The maximum atomic E-state index is 13.3. The molecular weight excluding hydrogens is 325 g/mol. The molecule has 0 unspecified atom stereocenters. The third-order valence-corrected chi connectivity index (χ3v) is 4.74. The van der Waals surface area contributed by atoms with E-state index in [1.165, 1.54) is 16.8 Å². The smallest absolute Gasteiger partial charge is 0.274 e. The number of hydrogen-bond donors (Lipinski definition) is 0. The quantitative estimate of drug-likeness (QED) is 0.856. The minimum atomic E-state index is -0.334. The van der Waals surface area contributed by atoms with E-state index in [0.29, 0.717) is 43.6 Å². The van der Waals surface area contributed by atoms with Gasteiger partial charge in [-0.25, -0.2) is 9.07 Å². The lowest BCUT2D eigenvalue weighted by atomic mass is 9.96. The number of carbonyl (C=O) groups excluding carboxylic acids is 1. The summed E-state index contributed by atoms with van der Waals surface area (Å²) in [5.74, 6) is -0.0856. The van der Waals surface area contributed by atoms with Crippen LogP contribution in [0.2, 0.25) is 0 Å². The third kappa shape index (κ3) is 3.43. The molecule has 2 aliphatic heterocycles. The Morgan fingerprint density at radius 1 is 1.16 bits per heavy atom. The van der Waals surface area contributed by atoms with Crippen LogP contribution in [0.4, 0.5) is 4.39 Å². The molecule has 132 valence electrons. The molecule has 3 heterocycles. The van der Waals surface area contributed by atoms with Crippen molar-refractivity contribution in [1.29, 1.82) is 0 Å². The zero-order valence-corrected chi connectivity index (χ0v) is 13.8. The van der Waals surface area contributed by atoms with Crippen LogP contribution in [-0.4, -0.2) is 53.2 Å². The standard InChI is InChI=1S/C18H20FN3O3/c19-14-2-1-3-15(12-14)22-9-6-16(20-22)17(23)21-7-4-13(5-8-21)18-24-10-11-25-18/h1-3,6,9,12-13,18H,4-5,7-8,10-11H2. The van der Waals surface area contributed by atoms with Gasteiger partial charge >= 0.3 is 0 Å². The van der Waals surface area contributed by atoms with E-state index < -0.39 is 0 Å². The Morgan fingerprint density at radius 2 is 1.92 bits per heavy atom. The van der Waals surface area contributed by atoms with Crippen molar-refractivity contribution in [3.05, 3.63) is 48.0 Å². The van der Waals surface area contributed by atoms with Gasteiger partial charge in [0.15, 0.2) is 12.0 Å². The van der Waals surface area contributed by atoms with Crippen LogP contribution in [0.3, 0.4) is 0 Å². The zero-order chi connectivity index (χ0) is 17.2. The number of nitrogens with zero attached hydrogens (tertiary/aromatic N) is 3. The topological polar surface area (TPSA) is 56.6 Å². The average molecular weight is 345 g/mol. The summed E-state index contributed by atoms with van der Waals surface area (Å²) in [7, 11) is 0. The Hall–Kier alpha value is -2.25. The second-order valence-electron chi connectivity index (χ2n) is 6.37. The van der Waals surface area contributed by atoms with Crippen molar-refractivity contribution < 1.29 is 18.7 Å². The number of piperidine rings is 1. The van der Waals surface area contributed by atoms with Gasteiger partial charge in [0.25, 0.3) is 5.91 Å². The molecule has 6 nitrogen and oxygen atoms in total. The molecule has 0 radical (unpaired) electrons. The Morgan fingerprint density at radius 3 is 2.64 bits per heavy atom. The highest BCUT2D eigenvalue weighted by molar-refractivity contribution is 5.92. The van der Waals surface area contributed by atoms with Crippen molar-refractivity contribution in [3.8, 4) is 5.69 Å². The summed E-state index contributed by atoms with van der Waals surface area (Å²) in [4.78, 5) is 14.5. The summed E-state index contributed by atoms with van der Waals surface area (Å²) in [6, 6.07) is 7.79. The van der Waals surface area contributed by atoms with Gasteiger partial charge < -0.3 is 14.4 Å². The number of likely N-dealkylation sites (tertiary alicyclic amines) is 1. The summed E-state index contributed by atoms with van der Waals surface area (Å²) in [5.41, 5.74) is 0.962. The molecule has 0 bridgehead atoms. The molecule has 4 rings (SSSR count). The largest absolute Gasteiger partial charge is 0.350 e. The Labute approximate surface area is 145 Å². The molecule has 2 aromatic rings. The predicted octanol–water partition coefficient (Wildman–Crippen LogP) is 2.24. The lowest BCUT2D eigenvalue weighted by Crippen LogP contribution is -2.41. The van der Waals surface area contributed by atoms with Crippen LogP contribution in [0, 0.1) is 11.7 Å². The van der Waals surface area contributed by atoms with Crippen molar-refractivity contribution in [2.75, 3.05) is 26.3 Å². The van der Waals surface area contributed by atoms with Crippen molar-refractivity contribution in [2.45, 2.75) is 19.1 Å². The van der Waals surface area contributed by atoms with Crippen LogP contribution in [0.15, 0.2) is 36.5 Å². The summed E-state index contributed by atoms with van der Waals surface area (Å²) >= 11 is 0. The monoisotopic (exact) mass is 345 g/mol. The van der Waals surface area contributed by atoms with E-state index in [9.17, 15) is 9.18 Å². The van der Waals surface area contributed by atoms with Crippen LogP contribution in [0.1, 0.15) is 23.3 Å². The van der Waals surface area contributed by atoms with Gasteiger partial charge in [-0.1, -0.05) is 6.07 Å². The minimum Gasteiger partial charge on any atom is -0.350 e. The molecule has 1 aromatic heterocycles. The Kier molecular flexibility index (Phi) is 4.50. The molecule has 0 spiro atoms. The minimum absolute atomic E-state index is 0.0955. The summed E-state index contributed by atoms with van der Waals surface area (Å²) in [6.07, 6.45) is 3.28. The molecule has 2 aliphatic rings. The number of rotatable bonds is 3. The first-order valence-corrected chi connectivity index (χ1v) is 8.55. The van der Waals surface area contributed by atoms with E-state index in [2.05, 4.69) is 5.10 Å². The lowest BCUT2D eigenvalue weighted by Gasteiger charge is -2.33. The van der Waals surface area contributed by atoms with Gasteiger partial charge in [-0.05, 0) is 37.1 Å². The van der Waals surface area contributed by atoms with Crippen LogP contribution in [0.25, 0.3) is 5.69 Å². The van der Waals surface area contributed by atoms with E-state index in [4.69, 9.17) is 9.47 Å². The second-order valence-corrected chi connectivity index (χ2v) is 6.37. The van der Waals surface area contributed by atoms with E-state index in [1.807, 2.05) is 4.90 Å². The molecule has 0 aliphatic carbocycles. The van der Waals surface area contributed by atoms with Gasteiger partial charge in [-0.15, -0.1) is 0 Å². The van der Waals surface area contributed by atoms with Crippen molar-refractivity contribution in [3.63, 3.8) is 0 Å². The zero-order valence-electron chi connectivity index (χ0n) is 13.8. The number of benzene rings is 1. The second kappa shape index (κ2) is 6.93. The highest BCUT2D eigenvalue weighted by Gasteiger charge is 2.32. The number of hydrogen-bond acceptors (Lipinski definition) is 4. The molecule has 7 heteroatoms. The highest BCUT2D eigenvalue weighted by Crippen LogP contribution is 2.26. The van der Waals surface area contributed by atoms with Crippen molar-refractivity contribution >= 4 is 5.91 Å². The number of ether oxygens (including phenoxy) is 2. The van der Waals surface area contributed by atoms with Crippen molar-refractivity contribution in [1.82, 2.24) is 14.7 Å². The van der Waals surface area contributed by atoms with E-state index >= 15 is 0 Å².